The molecular formula is C22H24N2O6S. The van der Waals surface area contributed by atoms with Gasteiger partial charge in [0.15, 0.2) is 5.82 Å². The lowest BCUT2D eigenvalue weighted by Gasteiger charge is -2.23. The molecule has 0 aliphatic carbocycles. The molecule has 0 bridgehead atoms. The van der Waals surface area contributed by atoms with Crippen LogP contribution in [0.1, 0.15) is 27.2 Å². The predicted molar refractivity (Wildman–Crippen MR) is 115 cm³/mol. The van der Waals surface area contributed by atoms with Crippen molar-refractivity contribution < 1.29 is 27.2 Å². The Morgan fingerprint density at radius 3 is 2.35 bits per heavy atom. The van der Waals surface area contributed by atoms with Crippen LogP contribution in [0.2, 0.25) is 0 Å². The molecule has 31 heavy (non-hydrogen) atoms. The third-order valence-corrected chi connectivity index (χ3v) is 6.78. The highest BCUT2D eigenvalue weighted by Crippen LogP contribution is 2.34. The van der Waals surface area contributed by atoms with Gasteiger partial charge in [0.2, 0.25) is 0 Å². The van der Waals surface area contributed by atoms with Crippen LogP contribution in [0.15, 0.2) is 51.9 Å². The van der Waals surface area contributed by atoms with Crippen molar-refractivity contribution in [2.24, 2.45) is 0 Å². The number of esters is 1. The topological polar surface area (TPSA) is 98.9 Å². The molecule has 0 amide bonds. The van der Waals surface area contributed by atoms with Crippen molar-refractivity contribution in [3.63, 3.8) is 0 Å². The van der Waals surface area contributed by atoms with Crippen molar-refractivity contribution in [3.8, 4) is 11.1 Å². The number of hydrogen-bond donors (Lipinski definition) is 0. The average Bonchev–Trinajstić information content (AvgIpc) is 3.09. The maximum absolute atomic E-state index is 13.7. The fourth-order valence-corrected chi connectivity index (χ4v) is 4.83. The lowest BCUT2D eigenvalue weighted by atomic mass is 9.98. The van der Waals surface area contributed by atoms with Crippen molar-refractivity contribution in [1.82, 2.24) is 5.16 Å². The van der Waals surface area contributed by atoms with Gasteiger partial charge in [0.05, 0.1) is 17.6 Å². The summed E-state index contributed by atoms with van der Waals surface area (Å²) in [6.07, 6.45) is 0. The van der Waals surface area contributed by atoms with Gasteiger partial charge in [-0.25, -0.2) is 17.5 Å². The Labute approximate surface area is 181 Å². The number of carbonyl (C=O) groups excluding carboxylic acids is 1. The summed E-state index contributed by atoms with van der Waals surface area (Å²) in [6, 6.07) is 11.6. The number of benzene rings is 2. The van der Waals surface area contributed by atoms with Crippen molar-refractivity contribution in [2.45, 2.75) is 25.7 Å². The van der Waals surface area contributed by atoms with E-state index in [-0.39, 0.29) is 17.4 Å². The van der Waals surface area contributed by atoms with Gasteiger partial charge in [0, 0.05) is 18.2 Å². The molecular weight excluding hydrogens is 420 g/mol. The summed E-state index contributed by atoms with van der Waals surface area (Å²) >= 11 is 0. The number of aromatic nitrogens is 1. The van der Waals surface area contributed by atoms with Crippen LogP contribution in [0.5, 0.6) is 0 Å². The van der Waals surface area contributed by atoms with Crippen molar-refractivity contribution in [1.29, 1.82) is 0 Å². The molecule has 0 atom stereocenters. The molecule has 0 saturated heterocycles. The first-order valence-electron chi connectivity index (χ1n) is 9.45. The zero-order chi connectivity index (χ0) is 22.8. The van der Waals surface area contributed by atoms with Crippen LogP contribution in [0, 0.1) is 20.8 Å². The summed E-state index contributed by atoms with van der Waals surface area (Å²) in [5.41, 5.74) is 2.90. The first kappa shape index (κ1) is 22.5. The Morgan fingerprint density at radius 1 is 1.06 bits per heavy atom. The van der Waals surface area contributed by atoms with Crippen LogP contribution in [-0.2, 0) is 19.5 Å². The third kappa shape index (κ3) is 4.19. The van der Waals surface area contributed by atoms with Crippen LogP contribution in [0.4, 0.5) is 5.82 Å². The average molecular weight is 445 g/mol. The monoisotopic (exact) mass is 444 g/mol. The van der Waals surface area contributed by atoms with Gasteiger partial charge in [-0.3, -0.25) is 0 Å². The minimum atomic E-state index is -4.06. The molecule has 0 aliphatic rings. The van der Waals surface area contributed by atoms with E-state index in [1.54, 1.807) is 50.2 Å². The SMILES string of the molecule is COCN(c1noc(C)c1C)S(=O)(=O)c1ccccc1-c1ccc(C(=O)OC)cc1C. The van der Waals surface area contributed by atoms with Gasteiger partial charge in [0.25, 0.3) is 10.0 Å². The third-order valence-electron chi connectivity index (χ3n) is 5.01. The molecule has 0 aliphatic heterocycles. The van der Waals surface area contributed by atoms with Crippen LogP contribution in [-0.4, -0.2) is 40.5 Å². The number of ether oxygens (including phenoxy) is 2. The first-order valence-corrected chi connectivity index (χ1v) is 10.9. The van der Waals surface area contributed by atoms with Crippen LogP contribution in [0.3, 0.4) is 0 Å². The number of rotatable bonds is 7. The smallest absolute Gasteiger partial charge is 0.337 e. The molecule has 1 heterocycles. The van der Waals surface area contributed by atoms with Crippen molar-refractivity contribution in [2.75, 3.05) is 25.3 Å². The van der Waals surface area contributed by atoms with E-state index < -0.39 is 16.0 Å². The largest absolute Gasteiger partial charge is 0.465 e. The zero-order valence-corrected chi connectivity index (χ0v) is 18.8. The maximum atomic E-state index is 13.7. The summed E-state index contributed by atoms with van der Waals surface area (Å²) < 4.78 is 43.6. The van der Waals surface area contributed by atoms with Gasteiger partial charge in [-0.2, -0.15) is 0 Å². The molecule has 3 aromatic rings. The Hall–Kier alpha value is -3.17. The Balaban J connectivity index is 2.16. The van der Waals surface area contributed by atoms with Gasteiger partial charge in [-0.05, 0) is 50.1 Å². The Bertz CT molecular complexity index is 1220. The quantitative estimate of drug-likeness (QED) is 0.403. The number of anilines is 1. The number of hydrogen-bond acceptors (Lipinski definition) is 7. The van der Waals surface area contributed by atoms with Crippen LogP contribution >= 0.6 is 0 Å². The number of carbonyl (C=O) groups is 1. The number of aryl methyl sites for hydroxylation is 2. The highest BCUT2D eigenvalue weighted by atomic mass is 32.2. The highest BCUT2D eigenvalue weighted by molar-refractivity contribution is 7.93. The summed E-state index contributed by atoms with van der Waals surface area (Å²) in [7, 11) is -1.34. The summed E-state index contributed by atoms with van der Waals surface area (Å²) in [5, 5.41) is 3.93. The van der Waals surface area contributed by atoms with Crippen LogP contribution in [0.25, 0.3) is 11.1 Å². The molecule has 2 aromatic carbocycles. The van der Waals surface area contributed by atoms with Gasteiger partial charge >= 0.3 is 5.97 Å². The molecule has 0 radical (unpaired) electrons. The minimum Gasteiger partial charge on any atom is -0.465 e. The molecule has 0 N–H and O–H groups in total. The standard InChI is InChI=1S/C22H24N2O6S/c1-14-12-17(22(25)29-5)10-11-18(14)19-8-6-7-9-20(19)31(26,27)24(13-28-4)21-15(2)16(3)30-23-21/h6-12H,13H2,1-5H3. The molecule has 0 unspecified atom stereocenters. The number of nitrogens with zero attached hydrogens (tertiary/aromatic N) is 2. The van der Waals surface area contributed by atoms with Gasteiger partial charge < -0.3 is 14.0 Å². The first-order chi connectivity index (χ1) is 14.7. The molecule has 3 rings (SSSR count). The lowest BCUT2D eigenvalue weighted by Crippen LogP contribution is -2.34. The summed E-state index contributed by atoms with van der Waals surface area (Å²) in [6.45, 7) is 5.03. The molecule has 8 nitrogen and oxygen atoms in total. The second-order valence-corrected chi connectivity index (χ2v) is 8.81. The van der Waals surface area contributed by atoms with E-state index in [9.17, 15) is 13.2 Å². The van der Waals surface area contributed by atoms with Crippen molar-refractivity contribution >= 4 is 21.8 Å². The van der Waals surface area contributed by atoms with Gasteiger partial charge in [-0.15, -0.1) is 0 Å². The van der Waals surface area contributed by atoms with E-state index in [1.807, 2.05) is 6.92 Å². The number of methoxy groups -OCH3 is 2. The maximum Gasteiger partial charge on any atom is 0.337 e. The number of sulfonamides is 1. The fourth-order valence-electron chi connectivity index (χ4n) is 3.24. The fraction of sp³-hybridized carbons (Fsp3) is 0.273. The molecule has 1 aromatic heterocycles. The predicted octanol–water partition coefficient (Wildman–Crippen LogP) is 3.85. The Morgan fingerprint density at radius 2 is 1.77 bits per heavy atom. The second kappa shape index (κ2) is 8.91. The van der Waals surface area contributed by atoms with E-state index >= 15 is 0 Å². The second-order valence-electron chi connectivity index (χ2n) is 6.98. The van der Waals surface area contributed by atoms with Gasteiger partial charge in [-0.1, -0.05) is 29.4 Å². The summed E-state index contributed by atoms with van der Waals surface area (Å²) in [4.78, 5) is 11.9. The molecule has 9 heteroatoms. The lowest BCUT2D eigenvalue weighted by molar-refractivity contribution is 0.0600. The molecule has 0 fully saturated rings. The zero-order valence-electron chi connectivity index (χ0n) is 18.0. The van der Waals surface area contributed by atoms with E-state index in [1.165, 1.54) is 20.3 Å². The molecule has 0 spiro atoms. The van der Waals surface area contributed by atoms with E-state index in [4.69, 9.17) is 14.0 Å². The van der Waals surface area contributed by atoms with E-state index in [2.05, 4.69) is 5.16 Å². The van der Waals surface area contributed by atoms with Gasteiger partial charge in [0.1, 0.15) is 12.5 Å². The van der Waals surface area contributed by atoms with Crippen LogP contribution < -0.4 is 4.31 Å². The minimum absolute atomic E-state index is 0.0843. The summed E-state index contributed by atoms with van der Waals surface area (Å²) in [5.74, 6) is 0.236. The van der Waals surface area contributed by atoms with E-state index in [0.29, 0.717) is 28.0 Å². The Kier molecular flexibility index (Phi) is 6.47. The highest BCUT2D eigenvalue weighted by Gasteiger charge is 2.31. The molecule has 0 saturated carbocycles. The van der Waals surface area contributed by atoms with Crippen molar-refractivity contribution in [3.05, 3.63) is 64.9 Å². The van der Waals surface area contributed by atoms with E-state index in [0.717, 1.165) is 9.87 Å². The molecule has 164 valence electrons. The normalized spacial score (nSPS) is 11.4.